The smallest absolute Gasteiger partial charge is 0.227 e. The van der Waals surface area contributed by atoms with Crippen molar-refractivity contribution in [2.75, 3.05) is 13.1 Å². The minimum atomic E-state index is -0.172. The van der Waals surface area contributed by atoms with E-state index in [2.05, 4.69) is 6.58 Å². The summed E-state index contributed by atoms with van der Waals surface area (Å²) in [5, 5.41) is 0. The van der Waals surface area contributed by atoms with Crippen LogP contribution >= 0.6 is 0 Å². The van der Waals surface area contributed by atoms with Crippen LogP contribution in [-0.4, -0.2) is 29.4 Å². The van der Waals surface area contributed by atoms with Crippen LogP contribution in [0.15, 0.2) is 12.7 Å². The molecule has 0 aromatic heterocycles. The van der Waals surface area contributed by atoms with Gasteiger partial charge in [-0.05, 0) is 20.8 Å². The fourth-order valence-corrected chi connectivity index (χ4v) is 1.19. The van der Waals surface area contributed by atoms with E-state index in [1.165, 1.54) is 0 Å². The molecule has 0 saturated carbocycles. The van der Waals surface area contributed by atoms with E-state index in [0.29, 0.717) is 13.1 Å². The van der Waals surface area contributed by atoms with Crippen molar-refractivity contribution in [1.29, 1.82) is 0 Å². The maximum atomic E-state index is 11.9. The first-order valence-electron chi connectivity index (χ1n) is 4.97. The topological polar surface area (TPSA) is 46.3 Å². The van der Waals surface area contributed by atoms with Crippen LogP contribution in [0.4, 0.5) is 0 Å². The highest BCUT2D eigenvalue weighted by Crippen LogP contribution is 2.16. The average molecular weight is 198 g/mol. The molecule has 1 amide bonds. The van der Waals surface area contributed by atoms with Crippen molar-refractivity contribution >= 4 is 5.91 Å². The number of rotatable bonds is 4. The zero-order chi connectivity index (χ0) is 11.4. The van der Waals surface area contributed by atoms with Crippen molar-refractivity contribution in [3.05, 3.63) is 12.7 Å². The monoisotopic (exact) mass is 198 g/mol. The second-order valence-corrected chi connectivity index (χ2v) is 4.55. The Bertz CT molecular complexity index is 206. The number of amides is 1. The molecule has 1 atom stereocenters. The lowest BCUT2D eigenvalue weighted by Crippen LogP contribution is -2.49. The highest BCUT2D eigenvalue weighted by Gasteiger charge is 2.27. The van der Waals surface area contributed by atoms with Gasteiger partial charge >= 0.3 is 0 Å². The summed E-state index contributed by atoms with van der Waals surface area (Å²) in [5.74, 6) is -0.0194. The molecule has 82 valence electrons. The Morgan fingerprint density at radius 3 is 2.36 bits per heavy atom. The Balaban J connectivity index is 4.65. The van der Waals surface area contributed by atoms with Crippen molar-refractivity contribution in [2.45, 2.75) is 33.2 Å². The van der Waals surface area contributed by atoms with Gasteiger partial charge in [-0.3, -0.25) is 4.79 Å². The van der Waals surface area contributed by atoms with Gasteiger partial charge in [-0.2, -0.15) is 0 Å². The van der Waals surface area contributed by atoms with E-state index in [0.717, 1.165) is 0 Å². The van der Waals surface area contributed by atoms with Crippen molar-refractivity contribution in [3.8, 4) is 0 Å². The zero-order valence-corrected chi connectivity index (χ0v) is 9.71. The Hall–Kier alpha value is -0.830. The van der Waals surface area contributed by atoms with E-state index in [-0.39, 0.29) is 17.4 Å². The zero-order valence-electron chi connectivity index (χ0n) is 9.71. The van der Waals surface area contributed by atoms with E-state index < -0.39 is 0 Å². The van der Waals surface area contributed by atoms with Crippen LogP contribution in [-0.2, 0) is 4.79 Å². The molecule has 14 heavy (non-hydrogen) atoms. The highest BCUT2D eigenvalue weighted by molar-refractivity contribution is 5.79. The number of carbonyl (C=O) groups excluding carboxylic acids is 1. The van der Waals surface area contributed by atoms with Crippen molar-refractivity contribution in [2.24, 2.45) is 11.7 Å². The fourth-order valence-electron chi connectivity index (χ4n) is 1.19. The van der Waals surface area contributed by atoms with Crippen LogP contribution in [0.2, 0.25) is 0 Å². The third kappa shape index (κ3) is 3.50. The molecule has 3 heteroatoms. The van der Waals surface area contributed by atoms with Gasteiger partial charge in [0.25, 0.3) is 0 Å². The van der Waals surface area contributed by atoms with Crippen LogP contribution in [0, 0.1) is 5.92 Å². The van der Waals surface area contributed by atoms with Crippen molar-refractivity contribution in [1.82, 2.24) is 4.90 Å². The molecular weight excluding hydrogens is 176 g/mol. The molecule has 0 bridgehead atoms. The Labute approximate surface area is 87.0 Å². The highest BCUT2D eigenvalue weighted by atomic mass is 16.2. The number of nitrogens with two attached hydrogens (primary N) is 1. The molecule has 0 aliphatic carbocycles. The molecule has 2 N–H and O–H groups in total. The van der Waals surface area contributed by atoms with E-state index in [1.54, 1.807) is 11.0 Å². The van der Waals surface area contributed by atoms with Crippen LogP contribution in [0.3, 0.4) is 0 Å². The van der Waals surface area contributed by atoms with Crippen LogP contribution in [0.1, 0.15) is 27.7 Å². The third-order valence-corrected chi connectivity index (χ3v) is 2.16. The molecule has 0 heterocycles. The summed E-state index contributed by atoms with van der Waals surface area (Å²) < 4.78 is 0. The van der Waals surface area contributed by atoms with Crippen LogP contribution < -0.4 is 5.73 Å². The van der Waals surface area contributed by atoms with Gasteiger partial charge in [-0.25, -0.2) is 0 Å². The molecule has 1 unspecified atom stereocenters. The maximum absolute atomic E-state index is 11.9. The molecule has 0 aliphatic heterocycles. The largest absolute Gasteiger partial charge is 0.334 e. The third-order valence-electron chi connectivity index (χ3n) is 2.16. The lowest BCUT2D eigenvalue weighted by molar-refractivity contribution is -0.138. The van der Waals surface area contributed by atoms with E-state index in [4.69, 9.17) is 5.73 Å². The molecule has 0 aromatic carbocycles. The van der Waals surface area contributed by atoms with E-state index >= 15 is 0 Å². The summed E-state index contributed by atoms with van der Waals surface area (Å²) >= 11 is 0. The SMILES string of the molecule is C=CCN(C(=O)C(C)CN)C(C)(C)C. The number of hydrogen-bond acceptors (Lipinski definition) is 2. The van der Waals surface area contributed by atoms with Gasteiger partial charge in [-0.15, -0.1) is 6.58 Å². The Kier molecular flexibility index (Phi) is 4.85. The van der Waals surface area contributed by atoms with Crippen LogP contribution in [0.5, 0.6) is 0 Å². The molecule has 0 aliphatic rings. The number of nitrogens with zero attached hydrogens (tertiary/aromatic N) is 1. The van der Waals surface area contributed by atoms with Gasteiger partial charge in [0, 0.05) is 24.5 Å². The van der Waals surface area contributed by atoms with Gasteiger partial charge in [0.2, 0.25) is 5.91 Å². The minimum absolute atomic E-state index is 0.0971. The molecule has 0 saturated heterocycles. The first-order valence-corrected chi connectivity index (χ1v) is 4.97. The van der Waals surface area contributed by atoms with Crippen molar-refractivity contribution in [3.63, 3.8) is 0 Å². The molecular formula is C11H22N2O. The Morgan fingerprint density at radius 2 is 2.07 bits per heavy atom. The van der Waals surface area contributed by atoms with Crippen molar-refractivity contribution < 1.29 is 4.79 Å². The summed E-state index contributed by atoms with van der Waals surface area (Å²) in [6.07, 6.45) is 1.74. The summed E-state index contributed by atoms with van der Waals surface area (Å²) in [7, 11) is 0. The number of carbonyl (C=O) groups is 1. The quantitative estimate of drug-likeness (QED) is 0.694. The standard InChI is InChI=1S/C11H22N2O/c1-6-7-13(11(3,4)5)10(14)9(2)8-12/h6,9H,1,7-8,12H2,2-5H3. The second kappa shape index (κ2) is 5.15. The lowest BCUT2D eigenvalue weighted by atomic mass is 10.0. The molecule has 0 fully saturated rings. The van der Waals surface area contributed by atoms with Gasteiger partial charge in [-0.1, -0.05) is 13.0 Å². The van der Waals surface area contributed by atoms with Gasteiger partial charge in [0.05, 0.1) is 0 Å². The van der Waals surface area contributed by atoms with Gasteiger partial charge < -0.3 is 10.6 Å². The molecule has 0 rings (SSSR count). The van der Waals surface area contributed by atoms with E-state index in [9.17, 15) is 4.79 Å². The average Bonchev–Trinajstić information content (AvgIpc) is 2.09. The van der Waals surface area contributed by atoms with Crippen LogP contribution in [0.25, 0.3) is 0 Å². The Morgan fingerprint density at radius 1 is 1.57 bits per heavy atom. The first-order chi connectivity index (χ1) is 6.34. The van der Waals surface area contributed by atoms with E-state index in [1.807, 2.05) is 27.7 Å². The molecule has 0 aromatic rings. The lowest BCUT2D eigenvalue weighted by Gasteiger charge is -2.36. The molecule has 0 radical (unpaired) electrons. The second-order valence-electron chi connectivity index (χ2n) is 4.55. The van der Waals surface area contributed by atoms with Gasteiger partial charge in [0.1, 0.15) is 0 Å². The predicted octanol–water partition coefficient (Wildman–Crippen LogP) is 1.39. The predicted molar refractivity (Wildman–Crippen MR) is 59.9 cm³/mol. The summed E-state index contributed by atoms with van der Waals surface area (Å²) in [6, 6.07) is 0. The summed E-state index contributed by atoms with van der Waals surface area (Å²) in [6.45, 7) is 12.5. The molecule has 0 spiro atoms. The normalized spacial score (nSPS) is 13.5. The number of hydrogen-bond donors (Lipinski definition) is 1. The van der Waals surface area contributed by atoms with Gasteiger partial charge in [0.15, 0.2) is 0 Å². The molecule has 3 nitrogen and oxygen atoms in total. The first kappa shape index (κ1) is 13.2. The maximum Gasteiger partial charge on any atom is 0.227 e. The summed E-state index contributed by atoms with van der Waals surface area (Å²) in [4.78, 5) is 13.7. The fraction of sp³-hybridized carbons (Fsp3) is 0.727. The minimum Gasteiger partial charge on any atom is -0.334 e. The summed E-state index contributed by atoms with van der Waals surface area (Å²) in [5.41, 5.74) is 5.30.